The van der Waals surface area contributed by atoms with Crippen LogP contribution in [0.1, 0.15) is 5.69 Å². The van der Waals surface area contributed by atoms with Crippen LogP contribution >= 0.6 is 0 Å². The van der Waals surface area contributed by atoms with Gasteiger partial charge in [0.05, 0.1) is 0 Å². The molecule has 0 bridgehead atoms. The second kappa shape index (κ2) is 4.58. The van der Waals surface area contributed by atoms with Gasteiger partial charge in [0.2, 0.25) is 0 Å². The molecule has 0 saturated carbocycles. The van der Waals surface area contributed by atoms with Crippen LogP contribution in [0.5, 0.6) is 5.75 Å². The van der Waals surface area contributed by atoms with E-state index >= 15 is 0 Å². The van der Waals surface area contributed by atoms with Crippen LogP contribution < -0.4 is 10.6 Å². The highest BCUT2D eigenvalue weighted by Gasteiger charge is 2.23. The van der Waals surface area contributed by atoms with Crippen LogP contribution in [0.4, 0.5) is 4.79 Å². The summed E-state index contributed by atoms with van der Waals surface area (Å²) in [7, 11) is 0. The molecule has 6 nitrogen and oxygen atoms in total. The van der Waals surface area contributed by atoms with E-state index in [0.717, 1.165) is 11.4 Å². The van der Waals surface area contributed by atoms with E-state index in [2.05, 4.69) is 10.6 Å². The number of benzene rings is 1. The van der Waals surface area contributed by atoms with Crippen LogP contribution in [0.25, 0.3) is 11.8 Å². The number of aromatic nitrogens is 1. The smallest absolute Gasteiger partial charge is 0.326 e. The van der Waals surface area contributed by atoms with Gasteiger partial charge in [-0.15, -0.1) is 0 Å². The van der Waals surface area contributed by atoms with Gasteiger partial charge in [-0.2, -0.15) is 0 Å². The minimum Gasteiger partial charge on any atom is -0.508 e. The Morgan fingerprint density at radius 1 is 1.05 bits per heavy atom. The van der Waals surface area contributed by atoms with E-state index in [-0.39, 0.29) is 11.4 Å². The molecule has 3 amide bonds. The molecule has 1 fully saturated rings. The number of nitrogens with one attached hydrogen (secondary N) is 2. The molecule has 1 aliphatic heterocycles. The lowest BCUT2D eigenvalue weighted by atomic mass is 10.2. The van der Waals surface area contributed by atoms with Crippen molar-refractivity contribution in [2.24, 2.45) is 0 Å². The predicted molar refractivity (Wildman–Crippen MR) is 72.1 cm³/mol. The molecule has 0 spiro atoms. The number of carbonyl (C=O) groups is 2. The number of nitrogens with zero attached hydrogens (tertiary/aromatic N) is 1. The summed E-state index contributed by atoms with van der Waals surface area (Å²) in [6, 6.07) is 9.79. The molecule has 3 N–H and O–H groups in total. The molecule has 0 unspecified atom stereocenters. The fraction of sp³-hybridized carbons (Fsp3) is 0. The summed E-state index contributed by atoms with van der Waals surface area (Å²) in [4.78, 5) is 22.6. The molecular formula is C14H11N3O3. The molecule has 6 heteroatoms. The third-order valence-electron chi connectivity index (χ3n) is 2.92. The Morgan fingerprint density at radius 2 is 1.80 bits per heavy atom. The number of aromatic hydroxyl groups is 1. The van der Waals surface area contributed by atoms with Crippen molar-refractivity contribution in [3.63, 3.8) is 0 Å². The normalized spacial score (nSPS) is 16.3. The topological polar surface area (TPSA) is 83.4 Å². The predicted octanol–water partition coefficient (Wildman–Crippen LogP) is 1.36. The van der Waals surface area contributed by atoms with E-state index < -0.39 is 11.9 Å². The number of rotatable bonds is 2. The van der Waals surface area contributed by atoms with E-state index in [1.807, 2.05) is 22.9 Å². The first-order chi connectivity index (χ1) is 9.63. The lowest BCUT2D eigenvalue weighted by Gasteiger charge is -2.07. The van der Waals surface area contributed by atoms with Crippen LogP contribution in [-0.2, 0) is 4.79 Å². The Balaban J connectivity index is 1.99. The number of amides is 3. The van der Waals surface area contributed by atoms with E-state index in [1.54, 1.807) is 30.3 Å². The maximum absolute atomic E-state index is 11.5. The minimum absolute atomic E-state index is 0.184. The quantitative estimate of drug-likeness (QED) is 0.568. The standard InChI is InChI=1S/C14H11N3O3/c18-11-5-3-9(4-6-11)17-7-1-2-10(17)8-12-13(19)16-14(20)15-12/h1-8,18H,(H2,15,16,19,20)/b12-8+. The van der Waals surface area contributed by atoms with Crippen molar-refractivity contribution < 1.29 is 14.7 Å². The molecule has 2 aromatic rings. The third-order valence-corrected chi connectivity index (χ3v) is 2.92. The van der Waals surface area contributed by atoms with Crippen LogP contribution in [-0.4, -0.2) is 21.6 Å². The SMILES string of the molecule is O=C1NC(=O)/C(=C\c2cccn2-c2ccc(O)cc2)N1. The van der Waals surface area contributed by atoms with Gasteiger partial charge in [-0.3, -0.25) is 10.1 Å². The average molecular weight is 269 g/mol. The molecule has 0 aliphatic carbocycles. The molecule has 1 aliphatic rings. The Hall–Kier alpha value is -3.02. The molecule has 100 valence electrons. The van der Waals surface area contributed by atoms with E-state index in [1.165, 1.54) is 0 Å². The van der Waals surface area contributed by atoms with Crippen LogP contribution in [0.3, 0.4) is 0 Å². The Bertz CT molecular complexity index is 714. The van der Waals surface area contributed by atoms with Crippen LogP contribution in [0.15, 0.2) is 48.3 Å². The monoisotopic (exact) mass is 269 g/mol. The van der Waals surface area contributed by atoms with Crippen LogP contribution in [0.2, 0.25) is 0 Å². The summed E-state index contributed by atoms with van der Waals surface area (Å²) in [6.07, 6.45) is 3.42. The highest BCUT2D eigenvalue weighted by molar-refractivity contribution is 6.13. The summed E-state index contributed by atoms with van der Waals surface area (Å²) in [5.74, 6) is -0.267. The second-order valence-corrected chi connectivity index (χ2v) is 4.29. The number of phenols is 1. The summed E-state index contributed by atoms with van der Waals surface area (Å²) >= 11 is 0. The first-order valence-electron chi connectivity index (χ1n) is 5.94. The molecule has 1 aromatic heterocycles. The van der Waals surface area contributed by atoms with Crippen molar-refractivity contribution in [1.82, 2.24) is 15.2 Å². The fourth-order valence-corrected chi connectivity index (χ4v) is 1.99. The van der Waals surface area contributed by atoms with Crippen molar-refractivity contribution >= 4 is 18.0 Å². The van der Waals surface area contributed by atoms with Gasteiger partial charge in [0.1, 0.15) is 11.4 Å². The lowest BCUT2D eigenvalue weighted by Crippen LogP contribution is -2.22. The molecule has 20 heavy (non-hydrogen) atoms. The Kier molecular flexibility index (Phi) is 2.76. The van der Waals surface area contributed by atoms with Crippen molar-refractivity contribution in [3.8, 4) is 11.4 Å². The summed E-state index contributed by atoms with van der Waals surface area (Å²) in [5, 5.41) is 13.9. The van der Waals surface area contributed by atoms with Gasteiger partial charge in [-0.05, 0) is 42.5 Å². The summed E-state index contributed by atoms with van der Waals surface area (Å²) in [6.45, 7) is 0. The van der Waals surface area contributed by atoms with E-state index in [0.29, 0.717) is 0 Å². The Morgan fingerprint density at radius 3 is 2.45 bits per heavy atom. The third kappa shape index (κ3) is 2.14. The zero-order chi connectivity index (χ0) is 14.1. The van der Waals surface area contributed by atoms with Gasteiger partial charge in [0.15, 0.2) is 0 Å². The van der Waals surface area contributed by atoms with Gasteiger partial charge in [-0.1, -0.05) is 0 Å². The molecule has 3 rings (SSSR count). The molecule has 1 saturated heterocycles. The van der Waals surface area contributed by atoms with Gasteiger partial charge < -0.3 is 15.0 Å². The number of hydrogen-bond donors (Lipinski definition) is 3. The molecule has 2 heterocycles. The van der Waals surface area contributed by atoms with Crippen molar-refractivity contribution in [2.45, 2.75) is 0 Å². The van der Waals surface area contributed by atoms with Crippen molar-refractivity contribution in [2.75, 3.05) is 0 Å². The number of urea groups is 1. The maximum Gasteiger partial charge on any atom is 0.326 e. The van der Waals surface area contributed by atoms with Crippen molar-refractivity contribution in [3.05, 3.63) is 54.0 Å². The number of hydrogen-bond acceptors (Lipinski definition) is 3. The van der Waals surface area contributed by atoms with Crippen LogP contribution in [0, 0.1) is 0 Å². The van der Waals surface area contributed by atoms with E-state index in [4.69, 9.17) is 0 Å². The lowest BCUT2D eigenvalue weighted by molar-refractivity contribution is -0.115. The molecule has 1 aromatic carbocycles. The first kappa shape index (κ1) is 12.0. The van der Waals surface area contributed by atoms with Gasteiger partial charge in [-0.25, -0.2) is 4.79 Å². The van der Waals surface area contributed by atoms with Gasteiger partial charge in [0.25, 0.3) is 5.91 Å². The largest absolute Gasteiger partial charge is 0.508 e. The minimum atomic E-state index is -0.524. The van der Waals surface area contributed by atoms with Gasteiger partial charge in [0, 0.05) is 17.6 Å². The molecular weight excluding hydrogens is 258 g/mol. The zero-order valence-corrected chi connectivity index (χ0v) is 10.3. The number of imide groups is 1. The van der Waals surface area contributed by atoms with Gasteiger partial charge >= 0.3 is 6.03 Å². The molecule has 0 radical (unpaired) electrons. The zero-order valence-electron chi connectivity index (χ0n) is 10.3. The summed E-state index contributed by atoms with van der Waals surface area (Å²) in [5.41, 5.74) is 1.78. The average Bonchev–Trinajstić information content (AvgIpc) is 2.98. The second-order valence-electron chi connectivity index (χ2n) is 4.29. The first-order valence-corrected chi connectivity index (χ1v) is 5.94. The highest BCUT2D eigenvalue weighted by Crippen LogP contribution is 2.18. The van der Waals surface area contributed by atoms with Crippen molar-refractivity contribution in [1.29, 1.82) is 0 Å². The fourth-order valence-electron chi connectivity index (χ4n) is 1.99. The number of phenolic OH excluding ortho intramolecular Hbond substituents is 1. The van der Waals surface area contributed by atoms with E-state index in [9.17, 15) is 14.7 Å². The number of carbonyl (C=O) groups excluding carboxylic acids is 2. The maximum atomic E-state index is 11.5. The molecule has 0 atom stereocenters. The summed E-state index contributed by atoms with van der Waals surface area (Å²) < 4.78 is 1.84. The Labute approximate surface area is 114 Å². The highest BCUT2D eigenvalue weighted by atomic mass is 16.3.